The van der Waals surface area contributed by atoms with Crippen LogP contribution in [0.15, 0.2) is 23.3 Å². The summed E-state index contributed by atoms with van der Waals surface area (Å²) in [5, 5.41) is 3.22. The molecule has 0 saturated carbocycles. The van der Waals surface area contributed by atoms with E-state index < -0.39 is 12.8 Å². The van der Waals surface area contributed by atoms with E-state index in [1.807, 2.05) is 6.92 Å². The first-order chi connectivity index (χ1) is 13.3. The zero-order valence-electron chi connectivity index (χ0n) is 15.8. The maximum atomic E-state index is 12.3. The molecule has 1 aliphatic rings. The summed E-state index contributed by atoms with van der Waals surface area (Å²) in [5.41, 5.74) is 6.00. The van der Waals surface area contributed by atoms with Gasteiger partial charge in [0.1, 0.15) is 0 Å². The number of halogens is 3. The quantitative estimate of drug-likeness (QED) is 0.539. The normalized spacial score (nSPS) is 18.1. The topological polar surface area (TPSA) is 92.8 Å². The average Bonchev–Trinajstić information content (AvgIpc) is 2.63. The number of primary amides is 1. The zero-order chi connectivity index (χ0) is 20.6. The maximum absolute atomic E-state index is 12.3. The summed E-state index contributed by atoms with van der Waals surface area (Å²) in [6, 6.07) is 3.13. The van der Waals surface area contributed by atoms with Gasteiger partial charge in [0.25, 0.3) is 0 Å². The van der Waals surface area contributed by atoms with Gasteiger partial charge in [0.05, 0.1) is 6.54 Å². The summed E-state index contributed by atoms with van der Waals surface area (Å²) in [6.07, 6.45) is -0.784. The molecule has 156 valence electrons. The Hall–Kier alpha value is -2.52. The second-order valence-electron chi connectivity index (χ2n) is 6.70. The van der Waals surface area contributed by atoms with Gasteiger partial charge in [-0.2, -0.15) is 13.2 Å². The Morgan fingerprint density at radius 2 is 2.29 bits per heavy atom. The largest absolute Gasteiger partial charge is 0.468 e. The lowest BCUT2D eigenvalue weighted by Gasteiger charge is -2.34. The number of rotatable bonds is 7. The minimum absolute atomic E-state index is 0.0884. The van der Waals surface area contributed by atoms with E-state index in [1.165, 1.54) is 12.3 Å². The number of likely N-dealkylation sites (tertiary alicyclic amines) is 1. The molecule has 2 heterocycles. The lowest BCUT2D eigenvalue weighted by Crippen LogP contribution is -2.47. The SMILES string of the molecule is CCNC(=NCc1ccnc(OCC(F)(F)F)c1)N1CCCC(CC(N)=O)C1. The molecule has 1 aromatic rings. The van der Waals surface area contributed by atoms with E-state index in [1.54, 1.807) is 6.07 Å². The van der Waals surface area contributed by atoms with Crippen LogP contribution in [0.4, 0.5) is 13.2 Å². The van der Waals surface area contributed by atoms with E-state index >= 15 is 0 Å². The van der Waals surface area contributed by atoms with Crippen LogP contribution in [-0.4, -0.2) is 54.2 Å². The molecule has 0 spiro atoms. The van der Waals surface area contributed by atoms with Crippen LogP contribution in [0.3, 0.4) is 0 Å². The Labute approximate surface area is 162 Å². The number of nitrogens with one attached hydrogen (secondary N) is 1. The lowest BCUT2D eigenvalue weighted by atomic mass is 9.95. The monoisotopic (exact) mass is 401 g/mol. The van der Waals surface area contributed by atoms with Crippen molar-refractivity contribution in [2.75, 3.05) is 26.2 Å². The molecule has 28 heavy (non-hydrogen) atoms. The van der Waals surface area contributed by atoms with Crippen LogP contribution < -0.4 is 15.8 Å². The van der Waals surface area contributed by atoms with E-state index in [0.717, 1.165) is 19.4 Å². The van der Waals surface area contributed by atoms with Crippen LogP contribution in [0.2, 0.25) is 0 Å². The molecule has 1 atom stereocenters. The van der Waals surface area contributed by atoms with Crippen molar-refractivity contribution in [2.45, 2.75) is 38.9 Å². The number of nitrogens with two attached hydrogens (primary N) is 1. The number of carbonyl (C=O) groups is 1. The molecule has 10 heteroatoms. The van der Waals surface area contributed by atoms with Gasteiger partial charge in [-0.25, -0.2) is 9.98 Å². The Bertz CT molecular complexity index is 681. The third-order valence-electron chi connectivity index (χ3n) is 4.24. The van der Waals surface area contributed by atoms with E-state index in [4.69, 9.17) is 5.73 Å². The van der Waals surface area contributed by atoms with Gasteiger partial charge in [-0.1, -0.05) is 0 Å². The van der Waals surface area contributed by atoms with E-state index in [2.05, 4.69) is 24.9 Å². The van der Waals surface area contributed by atoms with Gasteiger partial charge in [-0.05, 0) is 37.3 Å². The first-order valence-electron chi connectivity index (χ1n) is 9.23. The van der Waals surface area contributed by atoms with Gasteiger partial charge in [-0.15, -0.1) is 0 Å². The molecule has 2 rings (SSSR count). The summed E-state index contributed by atoms with van der Waals surface area (Å²) in [7, 11) is 0. The van der Waals surface area contributed by atoms with Gasteiger partial charge < -0.3 is 20.7 Å². The van der Waals surface area contributed by atoms with E-state index in [0.29, 0.717) is 31.0 Å². The van der Waals surface area contributed by atoms with E-state index in [-0.39, 0.29) is 24.2 Å². The molecular weight excluding hydrogens is 375 g/mol. The zero-order valence-corrected chi connectivity index (χ0v) is 15.8. The number of pyridine rings is 1. The highest BCUT2D eigenvalue weighted by Gasteiger charge is 2.28. The highest BCUT2D eigenvalue weighted by atomic mass is 19.4. The lowest BCUT2D eigenvalue weighted by molar-refractivity contribution is -0.154. The number of amides is 1. The fourth-order valence-corrected chi connectivity index (χ4v) is 3.08. The highest BCUT2D eigenvalue weighted by molar-refractivity contribution is 5.80. The number of aliphatic imine (C=N–C) groups is 1. The molecular formula is C18H26F3N5O2. The molecule has 0 bridgehead atoms. The Balaban J connectivity index is 2.03. The van der Waals surface area contributed by atoms with Crippen LogP contribution in [0, 0.1) is 5.92 Å². The van der Waals surface area contributed by atoms with Gasteiger partial charge in [0.2, 0.25) is 11.8 Å². The number of alkyl halides is 3. The second kappa shape index (κ2) is 10.1. The number of hydrogen-bond donors (Lipinski definition) is 2. The first-order valence-corrected chi connectivity index (χ1v) is 9.23. The smallest absolute Gasteiger partial charge is 0.422 e. The summed E-state index contributed by atoms with van der Waals surface area (Å²) in [4.78, 5) is 21.7. The predicted octanol–water partition coefficient (Wildman–Crippen LogP) is 2.08. The van der Waals surface area contributed by atoms with Crippen molar-refractivity contribution in [3.63, 3.8) is 0 Å². The molecule has 0 aromatic carbocycles. The average molecular weight is 401 g/mol. The molecule has 1 fully saturated rings. The van der Waals surface area contributed by atoms with Crippen molar-refractivity contribution in [3.8, 4) is 5.88 Å². The van der Waals surface area contributed by atoms with Crippen molar-refractivity contribution in [3.05, 3.63) is 23.9 Å². The summed E-state index contributed by atoms with van der Waals surface area (Å²) < 4.78 is 41.5. The molecule has 1 amide bonds. The minimum Gasteiger partial charge on any atom is -0.468 e. The molecule has 3 N–H and O–H groups in total. The first kappa shape index (κ1) is 21.8. The third kappa shape index (κ3) is 7.61. The van der Waals surface area contributed by atoms with Gasteiger partial charge in [-0.3, -0.25) is 4.79 Å². The molecule has 0 aliphatic carbocycles. The molecule has 7 nitrogen and oxygen atoms in total. The molecule has 1 saturated heterocycles. The van der Waals surface area contributed by atoms with Gasteiger partial charge in [0.15, 0.2) is 12.6 Å². The molecule has 1 aromatic heterocycles. The number of guanidine groups is 1. The Morgan fingerprint density at radius 1 is 1.50 bits per heavy atom. The van der Waals surface area contributed by atoms with Crippen molar-refractivity contribution in [1.82, 2.24) is 15.2 Å². The van der Waals surface area contributed by atoms with Crippen LogP contribution in [-0.2, 0) is 11.3 Å². The Morgan fingerprint density at radius 3 is 2.96 bits per heavy atom. The number of hydrogen-bond acceptors (Lipinski definition) is 4. The summed E-state index contributed by atoms with van der Waals surface area (Å²) in [5.74, 6) is 0.496. The van der Waals surface area contributed by atoms with Crippen LogP contribution in [0.1, 0.15) is 31.7 Å². The number of nitrogens with zero attached hydrogens (tertiary/aromatic N) is 3. The van der Waals surface area contributed by atoms with Crippen molar-refractivity contribution < 1.29 is 22.7 Å². The van der Waals surface area contributed by atoms with Crippen LogP contribution >= 0.6 is 0 Å². The highest BCUT2D eigenvalue weighted by Crippen LogP contribution is 2.20. The second-order valence-corrected chi connectivity index (χ2v) is 6.70. The number of aromatic nitrogens is 1. The number of ether oxygens (including phenoxy) is 1. The third-order valence-corrected chi connectivity index (χ3v) is 4.24. The molecule has 1 unspecified atom stereocenters. The van der Waals surface area contributed by atoms with Crippen molar-refractivity contribution >= 4 is 11.9 Å². The van der Waals surface area contributed by atoms with Crippen LogP contribution in [0.25, 0.3) is 0 Å². The van der Waals surface area contributed by atoms with Crippen molar-refractivity contribution in [2.24, 2.45) is 16.6 Å². The molecule has 1 aliphatic heterocycles. The molecule has 0 radical (unpaired) electrons. The summed E-state index contributed by atoms with van der Waals surface area (Å²) >= 11 is 0. The van der Waals surface area contributed by atoms with Crippen molar-refractivity contribution in [1.29, 1.82) is 0 Å². The minimum atomic E-state index is -4.41. The summed E-state index contributed by atoms with van der Waals surface area (Å²) in [6.45, 7) is 3.01. The van der Waals surface area contributed by atoms with Gasteiger partial charge >= 0.3 is 6.18 Å². The fraction of sp³-hybridized carbons (Fsp3) is 0.611. The fourth-order valence-electron chi connectivity index (χ4n) is 3.08. The maximum Gasteiger partial charge on any atom is 0.422 e. The van der Waals surface area contributed by atoms with Crippen LogP contribution in [0.5, 0.6) is 5.88 Å². The predicted molar refractivity (Wildman–Crippen MR) is 98.7 cm³/mol. The number of piperidine rings is 1. The standard InChI is InChI=1S/C18H26F3N5O2/c1-2-23-17(26-7-3-4-14(11-26)8-15(22)27)25-10-13-5-6-24-16(9-13)28-12-18(19,20)21/h5-6,9,14H,2-4,7-8,10-12H2,1H3,(H2,22,27)(H,23,25). The number of carbonyl (C=O) groups excluding carboxylic acids is 1. The Kier molecular flexibility index (Phi) is 7.89. The van der Waals surface area contributed by atoms with E-state index in [9.17, 15) is 18.0 Å². The van der Waals surface area contributed by atoms with Gasteiger partial charge in [0, 0.05) is 38.3 Å².